The van der Waals surface area contributed by atoms with Gasteiger partial charge in [0.25, 0.3) is 0 Å². The molecule has 1 aliphatic rings. The van der Waals surface area contributed by atoms with Crippen LogP contribution in [0.5, 0.6) is 0 Å². The Balaban J connectivity index is 1.23. The smallest absolute Gasteiger partial charge is 0.164 e. The molecule has 0 saturated heterocycles. The molecule has 0 atom stereocenters. The Morgan fingerprint density at radius 3 is 1.96 bits per heavy atom. The zero-order chi connectivity index (χ0) is 30.8. The molecule has 8 aromatic rings. The molecule has 4 heterocycles. The number of nitrogens with zero attached hydrogens (tertiary/aromatic N) is 5. The van der Waals surface area contributed by atoms with Crippen LogP contribution in [-0.4, -0.2) is 24.9 Å². The molecule has 218 valence electrons. The van der Waals surface area contributed by atoms with E-state index in [2.05, 4.69) is 49.2 Å². The number of rotatable bonds is 4. The van der Waals surface area contributed by atoms with Crippen molar-refractivity contribution >= 4 is 21.9 Å². The van der Waals surface area contributed by atoms with Gasteiger partial charge in [0.2, 0.25) is 0 Å². The molecule has 0 radical (unpaired) electrons. The van der Waals surface area contributed by atoms with E-state index in [4.69, 9.17) is 24.4 Å². The molecule has 0 bridgehead atoms. The number of benzene rings is 4. The minimum Gasteiger partial charge on any atom is -0.456 e. The summed E-state index contributed by atoms with van der Waals surface area (Å²) in [5, 5.41) is 1.96. The van der Waals surface area contributed by atoms with Crippen molar-refractivity contribution in [3.63, 3.8) is 0 Å². The minimum absolute atomic E-state index is 0.187. The van der Waals surface area contributed by atoms with Gasteiger partial charge in [0.1, 0.15) is 11.2 Å². The van der Waals surface area contributed by atoms with Crippen molar-refractivity contribution in [2.45, 2.75) is 19.3 Å². The van der Waals surface area contributed by atoms with Gasteiger partial charge >= 0.3 is 0 Å². The summed E-state index contributed by atoms with van der Waals surface area (Å²) in [6.07, 6.45) is 3.79. The summed E-state index contributed by atoms with van der Waals surface area (Å²) < 4.78 is 6.39. The third kappa shape index (κ3) is 4.07. The lowest BCUT2D eigenvalue weighted by Crippen LogP contribution is -2.15. The third-order valence-corrected chi connectivity index (χ3v) is 9.04. The standard InChI is InChI=1S/C40H27N5O/c1-40(2)30-16-10-20-41-35(30)36-31(40)22-27(23-42-36)26-18-19-32-29(21-26)34-28(15-9-17-33(34)46-32)39-44-37(24-11-5-3-6-12-24)43-38(45-39)25-13-7-4-8-14-25/h3-23H,1-2H3. The predicted octanol–water partition coefficient (Wildman–Crippen LogP) is 9.54. The first kappa shape index (κ1) is 26.4. The van der Waals surface area contributed by atoms with Crippen molar-refractivity contribution in [2.75, 3.05) is 0 Å². The molecule has 0 unspecified atom stereocenters. The SMILES string of the molecule is CC1(C)c2cccnc2-c2ncc(-c3ccc4oc5cccc(-c6nc(-c7ccccc7)nc(-c7ccccc7)n6)c5c4c3)cc21. The van der Waals surface area contributed by atoms with Crippen LogP contribution in [0.15, 0.2) is 132 Å². The second kappa shape index (κ2) is 10.0. The number of furan rings is 1. The summed E-state index contributed by atoms with van der Waals surface area (Å²) in [6, 6.07) is 38.9. The Hall–Kier alpha value is -6.01. The zero-order valence-corrected chi connectivity index (χ0v) is 25.3. The molecule has 46 heavy (non-hydrogen) atoms. The summed E-state index contributed by atoms with van der Waals surface area (Å²) >= 11 is 0. The Bertz CT molecular complexity index is 2390. The van der Waals surface area contributed by atoms with E-state index < -0.39 is 0 Å². The van der Waals surface area contributed by atoms with Gasteiger partial charge in [-0.05, 0) is 47.0 Å². The molecule has 0 aliphatic heterocycles. The van der Waals surface area contributed by atoms with Gasteiger partial charge in [-0.15, -0.1) is 0 Å². The van der Waals surface area contributed by atoms with E-state index in [1.54, 1.807) is 0 Å². The molecule has 4 aromatic carbocycles. The van der Waals surface area contributed by atoms with Gasteiger partial charge in [-0.2, -0.15) is 0 Å². The Labute approximate surface area is 265 Å². The highest BCUT2D eigenvalue weighted by molar-refractivity contribution is 6.12. The number of aromatic nitrogens is 5. The van der Waals surface area contributed by atoms with Crippen molar-refractivity contribution in [2.24, 2.45) is 0 Å². The lowest BCUT2D eigenvalue weighted by molar-refractivity contribution is 0.658. The summed E-state index contributed by atoms with van der Waals surface area (Å²) in [5.74, 6) is 1.84. The highest BCUT2D eigenvalue weighted by Crippen LogP contribution is 2.47. The van der Waals surface area contributed by atoms with Crippen LogP contribution in [0.2, 0.25) is 0 Å². The van der Waals surface area contributed by atoms with Crippen LogP contribution >= 0.6 is 0 Å². The van der Waals surface area contributed by atoms with Gasteiger partial charge in [0.05, 0.1) is 11.4 Å². The van der Waals surface area contributed by atoms with Gasteiger partial charge in [0.15, 0.2) is 17.5 Å². The van der Waals surface area contributed by atoms with E-state index in [0.717, 1.165) is 61.1 Å². The second-order valence-corrected chi connectivity index (χ2v) is 12.2. The quantitative estimate of drug-likeness (QED) is 0.202. The van der Waals surface area contributed by atoms with Gasteiger partial charge in [0, 0.05) is 50.8 Å². The Kier molecular flexibility index (Phi) is 5.74. The van der Waals surface area contributed by atoms with Gasteiger partial charge in [-0.3, -0.25) is 9.97 Å². The van der Waals surface area contributed by atoms with Crippen molar-refractivity contribution < 1.29 is 4.42 Å². The summed E-state index contributed by atoms with van der Waals surface area (Å²) in [6.45, 7) is 4.48. The molecule has 0 fully saturated rings. The van der Waals surface area contributed by atoms with E-state index in [0.29, 0.717) is 17.5 Å². The highest BCUT2D eigenvalue weighted by Gasteiger charge is 2.37. The predicted molar refractivity (Wildman–Crippen MR) is 182 cm³/mol. The van der Waals surface area contributed by atoms with E-state index in [1.165, 1.54) is 11.1 Å². The maximum atomic E-state index is 6.39. The monoisotopic (exact) mass is 593 g/mol. The van der Waals surface area contributed by atoms with Crippen LogP contribution in [0.3, 0.4) is 0 Å². The fraction of sp³-hybridized carbons (Fsp3) is 0.0750. The van der Waals surface area contributed by atoms with Crippen LogP contribution in [0.1, 0.15) is 25.0 Å². The first-order valence-electron chi connectivity index (χ1n) is 15.3. The fourth-order valence-corrected chi connectivity index (χ4v) is 6.65. The van der Waals surface area contributed by atoms with Crippen molar-refractivity contribution in [1.29, 1.82) is 0 Å². The summed E-state index contributed by atoms with van der Waals surface area (Å²) in [4.78, 5) is 24.5. The summed E-state index contributed by atoms with van der Waals surface area (Å²) in [5.41, 5.74) is 10.6. The van der Waals surface area contributed by atoms with Gasteiger partial charge in [-0.25, -0.2) is 15.0 Å². The van der Waals surface area contributed by atoms with E-state index in [-0.39, 0.29) is 5.41 Å². The number of hydrogen-bond acceptors (Lipinski definition) is 6. The first-order chi connectivity index (χ1) is 22.5. The molecule has 0 amide bonds. The molecule has 6 nitrogen and oxygen atoms in total. The summed E-state index contributed by atoms with van der Waals surface area (Å²) in [7, 11) is 0. The van der Waals surface area contributed by atoms with Crippen molar-refractivity contribution in [3.8, 4) is 56.7 Å². The molecule has 0 N–H and O–H groups in total. The fourth-order valence-electron chi connectivity index (χ4n) is 6.65. The van der Waals surface area contributed by atoms with Crippen molar-refractivity contribution in [3.05, 3.63) is 139 Å². The van der Waals surface area contributed by atoms with E-state index in [1.807, 2.05) is 97.3 Å². The Morgan fingerprint density at radius 1 is 0.522 bits per heavy atom. The first-order valence-corrected chi connectivity index (χ1v) is 15.3. The normalized spacial score (nSPS) is 13.2. The maximum Gasteiger partial charge on any atom is 0.164 e. The van der Waals surface area contributed by atoms with Crippen LogP contribution < -0.4 is 0 Å². The van der Waals surface area contributed by atoms with E-state index >= 15 is 0 Å². The van der Waals surface area contributed by atoms with Crippen LogP contribution in [0.25, 0.3) is 78.6 Å². The topological polar surface area (TPSA) is 77.6 Å². The largest absolute Gasteiger partial charge is 0.456 e. The average Bonchev–Trinajstić information content (AvgIpc) is 3.60. The average molecular weight is 594 g/mol. The van der Waals surface area contributed by atoms with Crippen LogP contribution in [0, 0.1) is 0 Å². The van der Waals surface area contributed by atoms with Crippen LogP contribution in [0.4, 0.5) is 0 Å². The molecule has 1 aliphatic carbocycles. The molecule has 0 spiro atoms. The number of hydrogen-bond donors (Lipinski definition) is 0. The molecule has 6 heteroatoms. The van der Waals surface area contributed by atoms with E-state index in [9.17, 15) is 0 Å². The molecular weight excluding hydrogens is 566 g/mol. The minimum atomic E-state index is -0.187. The molecule has 4 aromatic heterocycles. The number of pyridine rings is 2. The maximum absolute atomic E-state index is 6.39. The van der Waals surface area contributed by atoms with Crippen LogP contribution in [-0.2, 0) is 5.41 Å². The van der Waals surface area contributed by atoms with Gasteiger partial charge in [-0.1, -0.05) is 98.8 Å². The molecular formula is C40H27N5O. The van der Waals surface area contributed by atoms with Gasteiger partial charge < -0.3 is 4.42 Å². The highest BCUT2D eigenvalue weighted by atomic mass is 16.3. The van der Waals surface area contributed by atoms with Crippen molar-refractivity contribution in [1.82, 2.24) is 24.9 Å². The Morgan fingerprint density at radius 2 is 1.22 bits per heavy atom. The lowest BCUT2D eigenvalue weighted by atomic mass is 9.82. The lowest BCUT2D eigenvalue weighted by Gasteiger charge is -2.21. The zero-order valence-electron chi connectivity index (χ0n) is 25.3. The number of fused-ring (bicyclic) bond motifs is 6. The molecule has 9 rings (SSSR count). The molecule has 0 saturated carbocycles. The second-order valence-electron chi connectivity index (χ2n) is 12.2. The third-order valence-electron chi connectivity index (χ3n) is 9.04.